The number of hydrogen-bond donors (Lipinski definition) is 1. The molecule has 3 rings (SSSR count). The van der Waals surface area contributed by atoms with Crippen LogP contribution in [-0.2, 0) is 16.6 Å². The van der Waals surface area contributed by atoms with Crippen LogP contribution in [0.4, 0.5) is 5.13 Å². The topological polar surface area (TPSA) is 93.8 Å². The lowest BCUT2D eigenvalue weighted by Gasteiger charge is -2.10. The third kappa shape index (κ3) is 4.34. The maximum absolute atomic E-state index is 11.9. The monoisotopic (exact) mass is 335 g/mol. The number of hydrogen-bond acceptors (Lipinski definition) is 7. The second kappa shape index (κ2) is 6.35. The molecule has 0 spiro atoms. The molecular weight excluding hydrogens is 314 g/mol. The molecule has 0 aliphatic heterocycles. The van der Waals surface area contributed by atoms with Gasteiger partial charge >= 0.3 is 0 Å². The van der Waals surface area contributed by atoms with Gasteiger partial charge in [0.25, 0.3) is 0 Å². The van der Waals surface area contributed by atoms with Gasteiger partial charge in [0.1, 0.15) is 5.01 Å². The Morgan fingerprint density at radius 1 is 1.35 bits per heavy atom. The van der Waals surface area contributed by atoms with Crippen molar-refractivity contribution < 1.29 is 9.32 Å². The second-order valence-electron chi connectivity index (χ2n) is 6.88. The number of anilines is 1. The fraction of sp³-hybridized carbons (Fsp3) is 0.667. The zero-order valence-electron chi connectivity index (χ0n) is 13.6. The minimum Gasteiger partial charge on any atom is -0.339 e. The number of carbonyl (C=O) groups is 1. The van der Waals surface area contributed by atoms with Crippen molar-refractivity contribution in [3.63, 3.8) is 0 Å². The summed E-state index contributed by atoms with van der Waals surface area (Å²) in [5.41, 5.74) is -0.129. The summed E-state index contributed by atoms with van der Waals surface area (Å²) >= 11 is 1.47. The first kappa shape index (κ1) is 16.0. The van der Waals surface area contributed by atoms with E-state index in [1.807, 2.05) is 20.8 Å². The molecule has 1 N–H and O–H groups in total. The molecule has 1 aliphatic rings. The third-order valence-corrected chi connectivity index (χ3v) is 4.55. The fourth-order valence-electron chi connectivity index (χ4n) is 2.02. The van der Waals surface area contributed by atoms with Gasteiger partial charge in [-0.25, -0.2) is 0 Å². The van der Waals surface area contributed by atoms with Crippen molar-refractivity contribution in [2.75, 3.05) is 5.32 Å². The van der Waals surface area contributed by atoms with Crippen LogP contribution in [-0.4, -0.2) is 26.2 Å². The lowest BCUT2D eigenvalue weighted by molar-refractivity contribution is -0.116. The molecule has 1 amide bonds. The highest BCUT2D eigenvalue weighted by atomic mass is 32.1. The second-order valence-corrected chi connectivity index (χ2v) is 7.89. The van der Waals surface area contributed by atoms with Crippen LogP contribution in [0.15, 0.2) is 4.52 Å². The van der Waals surface area contributed by atoms with Gasteiger partial charge in [-0.2, -0.15) is 4.98 Å². The standard InChI is InChI=1S/C15H21N5O2S/c1-15(2,3)13-17-11(22-20-13)6-4-5-10(21)16-14-19-18-12(23-14)9-7-8-9/h9H,4-8H2,1-3H3,(H,16,19,21). The Morgan fingerprint density at radius 3 is 2.78 bits per heavy atom. The van der Waals surface area contributed by atoms with Crippen LogP contribution in [0.1, 0.15) is 69.1 Å². The van der Waals surface area contributed by atoms with E-state index in [2.05, 4.69) is 25.7 Å². The number of aryl methyl sites for hydroxylation is 1. The summed E-state index contributed by atoms with van der Waals surface area (Å²) in [6, 6.07) is 0. The van der Waals surface area contributed by atoms with Crippen molar-refractivity contribution in [2.24, 2.45) is 0 Å². The predicted octanol–water partition coefficient (Wildman–Crippen LogP) is 3.06. The first-order valence-corrected chi connectivity index (χ1v) is 8.70. The fourth-order valence-corrected chi connectivity index (χ4v) is 2.95. The molecule has 124 valence electrons. The number of aromatic nitrogens is 4. The molecule has 0 radical (unpaired) electrons. The third-order valence-electron chi connectivity index (χ3n) is 3.55. The molecule has 1 fully saturated rings. The number of rotatable bonds is 6. The highest BCUT2D eigenvalue weighted by Gasteiger charge is 2.27. The van der Waals surface area contributed by atoms with E-state index in [-0.39, 0.29) is 11.3 Å². The Morgan fingerprint density at radius 2 is 2.13 bits per heavy atom. The van der Waals surface area contributed by atoms with E-state index in [0.717, 1.165) is 5.01 Å². The van der Waals surface area contributed by atoms with E-state index in [4.69, 9.17) is 4.52 Å². The van der Waals surface area contributed by atoms with Crippen LogP contribution in [0.25, 0.3) is 0 Å². The quantitative estimate of drug-likeness (QED) is 0.872. The molecule has 1 saturated carbocycles. The van der Waals surface area contributed by atoms with Gasteiger partial charge < -0.3 is 9.84 Å². The van der Waals surface area contributed by atoms with Gasteiger partial charge in [-0.15, -0.1) is 10.2 Å². The molecular formula is C15H21N5O2S. The van der Waals surface area contributed by atoms with Crippen molar-refractivity contribution in [1.82, 2.24) is 20.3 Å². The molecule has 1 aliphatic carbocycles. The molecule has 23 heavy (non-hydrogen) atoms. The molecule has 0 bridgehead atoms. The number of nitrogens with one attached hydrogen (secondary N) is 1. The first-order chi connectivity index (χ1) is 10.9. The molecule has 0 aromatic carbocycles. The normalized spacial score (nSPS) is 14.9. The Bertz CT molecular complexity index is 684. The Labute approximate surface area is 138 Å². The van der Waals surface area contributed by atoms with Crippen LogP contribution in [0.5, 0.6) is 0 Å². The zero-order valence-corrected chi connectivity index (χ0v) is 14.4. The van der Waals surface area contributed by atoms with E-state index in [0.29, 0.717) is 42.0 Å². The first-order valence-electron chi connectivity index (χ1n) is 7.88. The molecule has 2 aromatic heterocycles. The Balaban J connectivity index is 1.42. The van der Waals surface area contributed by atoms with Gasteiger partial charge in [0.2, 0.25) is 16.9 Å². The summed E-state index contributed by atoms with van der Waals surface area (Å²) in [6.07, 6.45) is 4.02. The smallest absolute Gasteiger partial charge is 0.226 e. The van der Waals surface area contributed by atoms with Crippen molar-refractivity contribution in [3.8, 4) is 0 Å². The van der Waals surface area contributed by atoms with Gasteiger partial charge in [0.05, 0.1) is 0 Å². The highest BCUT2D eigenvalue weighted by molar-refractivity contribution is 7.15. The molecule has 0 saturated heterocycles. The van der Waals surface area contributed by atoms with Gasteiger partial charge in [-0.1, -0.05) is 37.3 Å². The van der Waals surface area contributed by atoms with Crippen LogP contribution in [0, 0.1) is 0 Å². The summed E-state index contributed by atoms with van der Waals surface area (Å²) in [5.74, 6) is 1.78. The van der Waals surface area contributed by atoms with E-state index < -0.39 is 0 Å². The summed E-state index contributed by atoms with van der Waals surface area (Å²) in [6.45, 7) is 6.10. The maximum atomic E-state index is 11.9. The average molecular weight is 335 g/mol. The van der Waals surface area contributed by atoms with Crippen molar-refractivity contribution in [2.45, 2.75) is 64.2 Å². The minimum atomic E-state index is -0.129. The summed E-state index contributed by atoms with van der Waals surface area (Å²) in [4.78, 5) is 16.3. The SMILES string of the molecule is CC(C)(C)c1noc(CCCC(=O)Nc2nnc(C3CC3)s2)n1. The van der Waals surface area contributed by atoms with Crippen molar-refractivity contribution in [3.05, 3.63) is 16.7 Å². The lowest BCUT2D eigenvalue weighted by atomic mass is 9.96. The maximum Gasteiger partial charge on any atom is 0.226 e. The number of amides is 1. The molecule has 8 heteroatoms. The van der Waals surface area contributed by atoms with E-state index in [1.165, 1.54) is 24.2 Å². The van der Waals surface area contributed by atoms with Gasteiger partial charge in [0, 0.05) is 24.2 Å². The summed E-state index contributed by atoms with van der Waals surface area (Å²) in [5, 5.41) is 16.5. The van der Waals surface area contributed by atoms with Crippen LogP contribution in [0.2, 0.25) is 0 Å². The highest BCUT2D eigenvalue weighted by Crippen LogP contribution is 2.42. The summed E-state index contributed by atoms with van der Waals surface area (Å²) in [7, 11) is 0. The van der Waals surface area contributed by atoms with Crippen LogP contribution in [0.3, 0.4) is 0 Å². The average Bonchev–Trinajstić information content (AvgIpc) is 3.02. The van der Waals surface area contributed by atoms with E-state index in [9.17, 15) is 4.79 Å². The van der Waals surface area contributed by atoms with Crippen molar-refractivity contribution >= 4 is 22.4 Å². The van der Waals surface area contributed by atoms with Crippen molar-refractivity contribution in [1.29, 1.82) is 0 Å². The summed E-state index contributed by atoms with van der Waals surface area (Å²) < 4.78 is 5.21. The predicted molar refractivity (Wildman–Crippen MR) is 86.4 cm³/mol. The van der Waals surface area contributed by atoms with Crippen LogP contribution >= 0.6 is 11.3 Å². The zero-order chi connectivity index (χ0) is 16.4. The van der Waals surface area contributed by atoms with E-state index in [1.54, 1.807) is 0 Å². The Kier molecular flexibility index (Phi) is 4.43. The molecule has 2 aromatic rings. The Hall–Kier alpha value is -1.83. The molecule has 0 atom stereocenters. The molecule has 7 nitrogen and oxygen atoms in total. The van der Waals surface area contributed by atoms with Gasteiger partial charge in [-0.3, -0.25) is 4.79 Å². The lowest BCUT2D eigenvalue weighted by Crippen LogP contribution is -2.13. The van der Waals surface area contributed by atoms with Crippen LogP contribution < -0.4 is 5.32 Å². The number of carbonyl (C=O) groups excluding carboxylic acids is 1. The van der Waals surface area contributed by atoms with Gasteiger partial charge in [0.15, 0.2) is 5.82 Å². The number of nitrogens with zero attached hydrogens (tertiary/aromatic N) is 4. The van der Waals surface area contributed by atoms with Gasteiger partial charge in [-0.05, 0) is 19.3 Å². The minimum absolute atomic E-state index is 0.0564. The molecule has 0 unspecified atom stereocenters. The van der Waals surface area contributed by atoms with E-state index >= 15 is 0 Å². The molecule has 2 heterocycles. The largest absolute Gasteiger partial charge is 0.339 e.